The standard InChI is InChI=1S/C28H39NO5S/c1-18(2)29(26(32)27(3,4)5)21-11-13-22(20(16-21)17-35-28(6,7)8)34-24-14-19(15-25(30)31)10-12-23(24)33-9/h10-14,16,18H,15,17H2,1-9H3,(H,30,31). The van der Waals surface area contributed by atoms with Gasteiger partial charge < -0.3 is 19.5 Å². The van der Waals surface area contributed by atoms with Crippen LogP contribution >= 0.6 is 11.8 Å². The third-order valence-electron chi connectivity index (χ3n) is 5.16. The number of ether oxygens (including phenoxy) is 2. The summed E-state index contributed by atoms with van der Waals surface area (Å²) in [7, 11) is 1.55. The van der Waals surface area contributed by atoms with Crippen molar-refractivity contribution in [3.05, 3.63) is 47.5 Å². The van der Waals surface area contributed by atoms with Crippen LogP contribution in [0.5, 0.6) is 17.2 Å². The fourth-order valence-corrected chi connectivity index (χ4v) is 4.25. The van der Waals surface area contributed by atoms with Crippen LogP contribution < -0.4 is 14.4 Å². The van der Waals surface area contributed by atoms with Crippen LogP contribution in [0.3, 0.4) is 0 Å². The second kappa shape index (κ2) is 11.4. The van der Waals surface area contributed by atoms with Crippen LogP contribution in [0.1, 0.15) is 66.5 Å². The van der Waals surface area contributed by atoms with E-state index in [0.29, 0.717) is 28.6 Å². The number of thioether (sulfide) groups is 1. The maximum absolute atomic E-state index is 13.2. The van der Waals surface area contributed by atoms with Crippen LogP contribution in [-0.4, -0.2) is 34.9 Å². The smallest absolute Gasteiger partial charge is 0.307 e. The number of anilines is 1. The average Bonchev–Trinajstić information content (AvgIpc) is 2.72. The van der Waals surface area contributed by atoms with Crippen molar-refractivity contribution in [1.29, 1.82) is 0 Å². The topological polar surface area (TPSA) is 76.1 Å². The molecule has 2 aromatic rings. The summed E-state index contributed by atoms with van der Waals surface area (Å²) >= 11 is 1.78. The molecule has 0 aliphatic rings. The molecule has 2 rings (SSSR count). The number of benzene rings is 2. The lowest BCUT2D eigenvalue weighted by Gasteiger charge is -2.33. The Labute approximate surface area is 214 Å². The fourth-order valence-electron chi connectivity index (χ4n) is 3.44. The van der Waals surface area contributed by atoms with Gasteiger partial charge in [0.1, 0.15) is 5.75 Å². The maximum Gasteiger partial charge on any atom is 0.307 e. The number of aliphatic carboxylic acids is 1. The van der Waals surface area contributed by atoms with E-state index in [-0.39, 0.29) is 23.1 Å². The highest BCUT2D eigenvalue weighted by Crippen LogP contribution is 2.39. The van der Waals surface area contributed by atoms with Gasteiger partial charge in [0.25, 0.3) is 0 Å². The Bertz CT molecular complexity index is 1050. The highest BCUT2D eigenvalue weighted by atomic mass is 32.2. The zero-order valence-electron chi connectivity index (χ0n) is 22.4. The minimum atomic E-state index is -0.912. The number of nitrogens with zero attached hydrogens (tertiary/aromatic N) is 1. The van der Waals surface area contributed by atoms with E-state index in [9.17, 15) is 14.7 Å². The summed E-state index contributed by atoms with van der Waals surface area (Å²) in [5.41, 5.74) is 1.87. The number of methoxy groups -OCH3 is 1. The Morgan fingerprint density at radius 2 is 1.60 bits per heavy atom. The first-order valence-electron chi connectivity index (χ1n) is 11.8. The van der Waals surface area contributed by atoms with Crippen molar-refractivity contribution in [2.75, 3.05) is 12.0 Å². The minimum absolute atomic E-state index is 0.00981. The number of carboxylic acids is 1. The van der Waals surface area contributed by atoms with Gasteiger partial charge in [0, 0.05) is 33.2 Å². The molecular formula is C28H39NO5S. The lowest BCUT2D eigenvalue weighted by Crippen LogP contribution is -2.43. The van der Waals surface area contributed by atoms with Crippen LogP contribution in [0.4, 0.5) is 5.69 Å². The van der Waals surface area contributed by atoms with Gasteiger partial charge in [-0.3, -0.25) is 9.59 Å². The number of carbonyl (C=O) groups excluding carboxylic acids is 1. The lowest BCUT2D eigenvalue weighted by atomic mass is 9.93. The van der Waals surface area contributed by atoms with Crippen LogP contribution in [0.15, 0.2) is 36.4 Å². The van der Waals surface area contributed by atoms with E-state index in [2.05, 4.69) is 20.8 Å². The number of carboxylic acid groups (broad SMARTS) is 1. The van der Waals surface area contributed by atoms with E-state index in [4.69, 9.17) is 9.47 Å². The largest absolute Gasteiger partial charge is 0.493 e. The number of hydrogen-bond acceptors (Lipinski definition) is 5. The van der Waals surface area contributed by atoms with Gasteiger partial charge in [0.05, 0.1) is 13.5 Å². The van der Waals surface area contributed by atoms with Gasteiger partial charge in [-0.25, -0.2) is 0 Å². The maximum atomic E-state index is 13.2. The Hall–Kier alpha value is -2.67. The summed E-state index contributed by atoms with van der Waals surface area (Å²) in [4.78, 5) is 26.3. The molecule has 0 aliphatic carbocycles. The molecule has 0 aliphatic heterocycles. The zero-order valence-corrected chi connectivity index (χ0v) is 23.2. The SMILES string of the molecule is COc1ccc(CC(=O)O)cc1Oc1ccc(N(C(=O)C(C)(C)C)C(C)C)cc1CSC(C)(C)C. The molecular weight excluding hydrogens is 462 g/mol. The van der Waals surface area contributed by atoms with E-state index >= 15 is 0 Å². The molecule has 0 radical (unpaired) electrons. The monoisotopic (exact) mass is 501 g/mol. The molecule has 0 bridgehead atoms. The van der Waals surface area contributed by atoms with Gasteiger partial charge in [-0.1, -0.05) is 47.6 Å². The third kappa shape index (κ3) is 8.20. The van der Waals surface area contributed by atoms with E-state index in [1.54, 1.807) is 37.1 Å². The molecule has 7 heteroatoms. The Morgan fingerprint density at radius 1 is 0.971 bits per heavy atom. The van der Waals surface area contributed by atoms with Crippen molar-refractivity contribution in [3.63, 3.8) is 0 Å². The van der Waals surface area contributed by atoms with Crippen LogP contribution in [0, 0.1) is 5.41 Å². The second-order valence-electron chi connectivity index (χ2n) is 10.9. The number of amides is 1. The van der Waals surface area contributed by atoms with Crippen molar-refractivity contribution in [1.82, 2.24) is 0 Å². The molecule has 0 saturated carbocycles. The molecule has 35 heavy (non-hydrogen) atoms. The molecule has 1 N–H and O–H groups in total. The van der Waals surface area contributed by atoms with Gasteiger partial charge in [-0.15, -0.1) is 0 Å². The predicted molar refractivity (Wildman–Crippen MR) is 144 cm³/mol. The average molecular weight is 502 g/mol. The van der Waals surface area contributed by atoms with Crippen molar-refractivity contribution in [2.24, 2.45) is 5.41 Å². The summed E-state index contributed by atoms with van der Waals surface area (Å²) in [5, 5.41) is 9.19. The quantitative estimate of drug-likeness (QED) is 0.401. The molecule has 2 aromatic carbocycles. The molecule has 0 fully saturated rings. The third-order valence-corrected chi connectivity index (χ3v) is 6.48. The lowest BCUT2D eigenvalue weighted by molar-refractivity contribution is -0.136. The fraction of sp³-hybridized carbons (Fsp3) is 0.500. The van der Waals surface area contributed by atoms with E-state index in [1.165, 1.54) is 0 Å². The van der Waals surface area contributed by atoms with Gasteiger partial charge in [-0.2, -0.15) is 11.8 Å². The molecule has 0 heterocycles. The molecule has 0 unspecified atom stereocenters. The summed E-state index contributed by atoms with van der Waals surface area (Å²) < 4.78 is 11.8. The normalized spacial score (nSPS) is 11.9. The van der Waals surface area contributed by atoms with E-state index in [0.717, 1.165) is 11.3 Å². The first-order valence-corrected chi connectivity index (χ1v) is 12.8. The van der Waals surface area contributed by atoms with E-state index < -0.39 is 11.4 Å². The molecule has 192 valence electrons. The van der Waals surface area contributed by atoms with Crippen molar-refractivity contribution >= 4 is 29.3 Å². The minimum Gasteiger partial charge on any atom is -0.493 e. The number of rotatable bonds is 9. The predicted octanol–water partition coefficient (Wildman–Crippen LogP) is 6.93. The van der Waals surface area contributed by atoms with Gasteiger partial charge >= 0.3 is 5.97 Å². The van der Waals surface area contributed by atoms with Gasteiger partial charge in [0.15, 0.2) is 11.5 Å². The Kier molecular flexibility index (Phi) is 9.29. The molecule has 0 spiro atoms. The summed E-state index contributed by atoms with van der Waals surface area (Å²) in [6.07, 6.45) is -0.107. The van der Waals surface area contributed by atoms with Crippen molar-refractivity contribution in [3.8, 4) is 17.2 Å². The highest BCUT2D eigenvalue weighted by molar-refractivity contribution is 7.99. The summed E-state index contributed by atoms with van der Waals surface area (Å²) in [5.74, 6) is 1.43. The van der Waals surface area contributed by atoms with Crippen LogP contribution in [-0.2, 0) is 21.8 Å². The van der Waals surface area contributed by atoms with Gasteiger partial charge in [0.2, 0.25) is 5.91 Å². The van der Waals surface area contributed by atoms with Crippen molar-refractivity contribution < 1.29 is 24.2 Å². The molecule has 0 saturated heterocycles. The highest BCUT2D eigenvalue weighted by Gasteiger charge is 2.30. The number of carbonyl (C=O) groups is 2. The molecule has 6 nitrogen and oxygen atoms in total. The second-order valence-corrected chi connectivity index (χ2v) is 12.7. The Morgan fingerprint density at radius 3 is 2.11 bits per heavy atom. The molecule has 1 amide bonds. The summed E-state index contributed by atoms with van der Waals surface area (Å²) in [6.45, 7) is 16.3. The van der Waals surface area contributed by atoms with Crippen LogP contribution in [0.25, 0.3) is 0 Å². The van der Waals surface area contributed by atoms with Gasteiger partial charge in [-0.05, 0) is 49.7 Å². The molecule has 0 atom stereocenters. The van der Waals surface area contributed by atoms with E-state index in [1.807, 2.05) is 57.7 Å². The van der Waals surface area contributed by atoms with Crippen molar-refractivity contribution in [2.45, 2.75) is 78.4 Å². The Balaban J connectivity index is 2.55. The number of hydrogen-bond donors (Lipinski definition) is 1. The zero-order chi connectivity index (χ0) is 26.6. The first-order chi connectivity index (χ1) is 16.1. The summed E-state index contributed by atoms with van der Waals surface area (Å²) in [6, 6.07) is 10.9. The van der Waals surface area contributed by atoms with Crippen LogP contribution in [0.2, 0.25) is 0 Å². The molecule has 0 aromatic heterocycles. The first kappa shape index (κ1) is 28.6.